The van der Waals surface area contributed by atoms with E-state index in [9.17, 15) is 0 Å². The highest BCUT2D eigenvalue weighted by atomic mass is 35.5. The lowest BCUT2D eigenvalue weighted by Gasteiger charge is -2.32. The van der Waals surface area contributed by atoms with E-state index in [2.05, 4.69) is 54.2 Å². The molecule has 1 saturated heterocycles. The molecule has 0 spiro atoms. The Kier molecular flexibility index (Phi) is 8.50. The molecule has 3 aromatic rings. The average Bonchev–Trinajstić information content (AvgIpc) is 3.55. The summed E-state index contributed by atoms with van der Waals surface area (Å²) < 4.78 is 8.00. The first-order valence-corrected chi connectivity index (χ1v) is 13.7. The SMILES string of the molecule is Clc1nc(NN2CCC(CCCCCOCc3ccccc3)CC2)c2ncn(C3CCCC3)c2n1. The van der Waals surface area contributed by atoms with Crippen LogP contribution in [0.25, 0.3) is 11.2 Å². The van der Waals surface area contributed by atoms with Crippen LogP contribution in [0.5, 0.6) is 0 Å². The van der Waals surface area contributed by atoms with Gasteiger partial charge in [-0.15, -0.1) is 0 Å². The zero-order chi connectivity index (χ0) is 23.9. The molecule has 35 heavy (non-hydrogen) atoms. The van der Waals surface area contributed by atoms with E-state index in [0.29, 0.717) is 6.04 Å². The number of hydrogen-bond acceptors (Lipinski definition) is 6. The molecule has 0 atom stereocenters. The van der Waals surface area contributed by atoms with Gasteiger partial charge in [-0.25, -0.2) is 9.99 Å². The Morgan fingerprint density at radius 3 is 2.57 bits per heavy atom. The molecule has 1 saturated carbocycles. The normalized spacial score (nSPS) is 18.0. The second kappa shape index (κ2) is 12.2. The van der Waals surface area contributed by atoms with Gasteiger partial charge in [-0.1, -0.05) is 62.4 Å². The molecule has 0 unspecified atom stereocenters. The number of hydrazine groups is 1. The van der Waals surface area contributed by atoms with E-state index in [-0.39, 0.29) is 5.28 Å². The summed E-state index contributed by atoms with van der Waals surface area (Å²) >= 11 is 6.30. The van der Waals surface area contributed by atoms with Crippen LogP contribution >= 0.6 is 11.6 Å². The van der Waals surface area contributed by atoms with E-state index in [1.807, 2.05) is 12.4 Å². The Morgan fingerprint density at radius 2 is 1.77 bits per heavy atom. The summed E-state index contributed by atoms with van der Waals surface area (Å²) in [6, 6.07) is 10.9. The van der Waals surface area contributed by atoms with Crippen molar-refractivity contribution in [3.8, 4) is 0 Å². The number of halogens is 1. The highest BCUT2D eigenvalue weighted by Gasteiger charge is 2.24. The molecule has 1 N–H and O–H groups in total. The molecular formula is C27H37ClN6O. The third-order valence-electron chi connectivity index (χ3n) is 7.50. The van der Waals surface area contributed by atoms with Gasteiger partial charge in [0.05, 0.1) is 12.9 Å². The number of unbranched alkanes of at least 4 members (excludes halogenated alkanes) is 2. The van der Waals surface area contributed by atoms with Crippen LogP contribution in [0.2, 0.25) is 5.28 Å². The van der Waals surface area contributed by atoms with Crippen LogP contribution in [-0.2, 0) is 11.3 Å². The average molecular weight is 497 g/mol. The summed E-state index contributed by atoms with van der Waals surface area (Å²) in [6.07, 6.45) is 14.2. The summed E-state index contributed by atoms with van der Waals surface area (Å²) in [6.45, 7) is 3.59. The van der Waals surface area contributed by atoms with Gasteiger partial charge in [0.15, 0.2) is 17.0 Å². The van der Waals surface area contributed by atoms with Crippen LogP contribution < -0.4 is 5.43 Å². The first kappa shape index (κ1) is 24.5. The van der Waals surface area contributed by atoms with E-state index >= 15 is 0 Å². The predicted octanol–water partition coefficient (Wildman–Crippen LogP) is 6.41. The van der Waals surface area contributed by atoms with Gasteiger partial charge >= 0.3 is 0 Å². The number of hydrogen-bond donors (Lipinski definition) is 1. The van der Waals surface area contributed by atoms with Crippen LogP contribution in [0.15, 0.2) is 36.7 Å². The van der Waals surface area contributed by atoms with E-state index in [0.717, 1.165) is 55.6 Å². The van der Waals surface area contributed by atoms with Crippen molar-refractivity contribution in [3.05, 3.63) is 47.5 Å². The number of anilines is 1. The Hall–Kier alpha value is -2.22. The number of aromatic nitrogens is 4. The van der Waals surface area contributed by atoms with Gasteiger partial charge in [0.2, 0.25) is 5.28 Å². The fraction of sp³-hybridized carbons (Fsp3) is 0.593. The maximum Gasteiger partial charge on any atom is 0.226 e. The van der Waals surface area contributed by atoms with Gasteiger partial charge in [-0.05, 0) is 55.2 Å². The fourth-order valence-electron chi connectivity index (χ4n) is 5.48. The minimum absolute atomic E-state index is 0.280. The van der Waals surface area contributed by atoms with Crippen molar-refractivity contribution >= 4 is 28.6 Å². The first-order valence-electron chi connectivity index (χ1n) is 13.3. The number of nitrogens with zero attached hydrogens (tertiary/aromatic N) is 5. The second-order valence-corrected chi connectivity index (χ2v) is 10.4. The maximum absolute atomic E-state index is 6.30. The summed E-state index contributed by atoms with van der Waals surface area (Å²) in [4.78, 5) is 13.6. The molecule has 2 aliphatic rings. The lowest BCUT2D eigenvalue weighted by Crippen LogP contribution is -2.38. The zero-order valence-corrected chi connectivity index (χ0v) is 21.3. The van der Waals surface area contributed by atoms with Crippen molar-refractivity contribution in [2.75, 3.05) is 25.1 Å². The van der Waals surface area contributed by atoms with Gasteiger partial charge in [-0.3, -0.25) is 0 Å². The van der Waals surface area contributed by atoms with Crippen LogP contribution in [0.4, 0.5) is 5.82 Å². The Morgan fingerprint density at radius 1 is 0.971 bits per heavy atom. The highest BCUT2D eigenvalue weighted by molar-refractivity contribution is 6.28. The predicted molar refractivity (Wildman–Crippen MR) is 140 cm³/mol. The number of benzene rings is 1. The molecule has 0 radical (unpaired) electrons. The zero-order valence-electron chi connectivity index (χ0n) is 20.5. The molecule has 1 aromatic carbocycles. The minimum Gasteiger partial charge on any atom is -0.377 e. The molecule has 8 heteroatoms. The van der Waals surface area contributed by atoms with Crippen molar-refractivity contribution in [3.63, 3.8) is 0 Å². The summed E-state index contributed by atoms with van der Waals surface area (Å²) in [7, 11) is 0. The van der Waals surface area contributed by atoms with Crippen LogP contribution in [0, 0.1) is 5.92 Å². The molecule has 0 bridgehead atoms. The molecule has 2 aromatic heterocycles. The fourth-order valence-corrected chi connectivity index (χ4v) is 5.64. The molecule has 7 nitrogen and oxygen atoms in total. The van der Waals surface area contributed by atoms with E-state index in [1.54, 1.807) is 0 Å². The lowest BCUT2D eigenvalue weighted by molar-refractivity contribution is 0.116. The first-order chi connectivity index (χ1) is 17.3. The van der Waals surface area contributed by atoms with Crippen molar-refractivity contribution in [2.45, 2.75) is 76.9 Å². The molecule has 188 valence electrons. The number of nitrogens with one attached hydrogen (secondary N) is 1. The molecule has 3 heterocycles. The number of piperidine rings is 1. The standard InChI is InChI=1S/C27H37ClN6O/c28-27-30-25(24-26(31-27)34(20-29-24)23-12-6-7-13-23)32-33-16-14-21(15-17-33)9-5-2-8-18-35-19-22-10-3-1-4-11-22/h1,3-4,10-11,20-21,23H,2,5-9,12-19H2,(H,30,31,32). The quantitative estimate of drug-likeness (QED) is 0.244. The van der Waals surface area contributed by atoms with Crippen LogP contribution in [0.1, 0.15) is 75.8 Å². The summed E-state index contributed by atoms with van der Waals surface area (Å²) in [5.41, 5.74) is 6.42. The van der Waals surface area contributed by atoms with Crippen molar-refractivity contribution in [1.29, 1.82) is 0 Å². The van der Waals surface area contributed by atoms with Gasteiger partial charge in [0.25, 0.3) is 0 Å². The Bertz CT molecular complexity index is 1060. The molecular weight excluding hydrogens is 460 g/mol. The maximum atomic E-state index is 6.30. The number of imidazole rings is 1. The van der Waals surface area contributed by atoms with Crippen molar-refractivity contribution < 1.29 is 4.74 Å². The van der Waals surface area contributed by atoms with Crippen LogP contribution in [-0.4, -0.2) is 44.2 Å². The van der Waals surface area contributed by atoms with Crippen molar-refractivity contribution in [1.82, 2.24) is 24.5 Å². The summed E-state index contributed by atoms with van der Waals surface area (Å²) in [5.74, 6) is 1.53. The summed E-state index contributed by atoms with van der Waals surface area (Å²) in [5, 5.41) is 2.54. The van der Waals surface area contributed by atoms with Gasteiger partial charge in [0, 0.05) is 25.7 Å². The third kappa shape index (κ3) is 6.51. The number of fused-ring (bicyclic) bond motifs is 1. The monoisotopic (exact) mass is 496 g/mol. The molecule has 5 rings (SSSR count). The van der Waals surface area contributed by atoms with Gasteiger partial charge in [0.1, 0.15) is 0 Å². The van der Waals surface area contributed by atoms with Gasteiger partial charge in [-0.2, -0.15) is 9.97 Å². The Balaban J connectivity index is 1.03. The molecule has 1 aliphatic heterocycles. The smallest absolute Gasteiger partial charge is 0.226 e. The highest BCUT2D eigenvalue weighted by Crippen LogP contribution is 2.33. The number of ether oxygens (including phenoxy) is 1. The topological polar surface area (TPSA) is 68.1 Å². The van der Waals surface area contributed by atoms with E-state index in [4.69, 9.17) is 16.3 Å². The molecule has 2 fully saturated rings. The minimum atomic E-state index is 0.280. The molecule has 1 aliphatic carbocycles. The van der Waals surface area contributed by atoms with Crippen LogP contribution in [0.3, 0.4) is 0 Å². The van der Waals surface area contributed by atoms with Gasteiger partial charge < -0.3 is 14.7 Å². The Labute approximate surface area is 213 Å². The van der Waals surface area contributed by atoms with Crippen molar-refractivity contribution in [2.24, 2.45) is 5.92 Å². The third-order valence-corrected chi connectivity index (χ3v) is 7.67. The largest absolute Gasteiger partial charge is 0.377 e. The second-order valence-electron chi connectivity index (χ2n) is 10.0. The van der Waals surface area contributed by atoms with E-state index in [1.165, 1.54) is 63.4 Å². The van der Waals surface area contributed by atoms with E-state index < -0.39 is 0 Å². The number of rotatable bonds is 11. The molecule has 0 amide bonds. The lowest BCUT2D eigenvalue weighted by atomic mass is 9.92.